The summed E-state index contributed by atoms with van der Waals surface area (Å²) in [4.78, 5) is 4.43. The molecule has 0 unspecified atom stereocenters. The van der Waals surface area contributed by atoms with E-state index in [-0.39, 0.29) is 0 Å². The van der Waals surface area contributed by atoms with E-state index in [4.69, 9.17) is 0 Å². The minimum absolute atomic E-state index is 0.993. The van der Waals surface area contributed by atoms with Gasteiger partial charge in [-0.2, -0.15) is 0 Å². The van der Waals surface area contributed by atoms with Crippen molar-refractivity contribution in [3.63, 3.8) is 0 Å². The molecule has 0 aromatic carbocycles. The van der Waals surface area contributed by atoms with Crippen LogP contribution in [0.4, 0.5) is 0 Å². The summed E-state index contributed by atoms with van der Waals surface area (Å²) >= 11 is 0. The standard InChI is InChI=1S/C12H15N/c1-4-5-7-10(2)12-9-6-8-11(3)13-12/h4-5,7-8H,1-2,6,9H2,3H3/b7-5-. The van der Waals surface area contributed by atoms with Gasteiger partial charge in [0.25, 0.3) is 0 Å². The topological polar surface area (TPSA) is 12.4 Å². The Hall–Kier alpha value is -1.37. The minimum Gasteiger partial charge on any atom is -0.258 e. The molecule has 0 spiro atoms. The third-order valence-electron chi connectivity index (χ3n) is 1.94. The second kappa shape index (κ2) is 4.61. The summed E-state index contributed by atoms with van der Waals surface area (Å²) in [6.07, 6.45) is 9.80. The second-order valence-electron chi connectivity index (χ2n) is 3.06. The van der Waals surface area contributed by atoms with Crippen LogP contribution in [-0.4, -0.2) is 5.71 Å². The van der Waals surface area contributed by atoms with Crippen LogP contribution in [0.5, 0.6) is 0 Å². The van der Waals surface area contributed by atoms with E-state index >= 15 is 0 Å². The van der Waals surface area contributed by atoms with Crippen molar-refractivity contribution < 1.29 is 0 Å². The third-order valence-corrected chi connectivity index (χ3v) is 1.94. The molecule has 0 amide bonds. The molecule has 0 bridgehead atoms. The van der Waals surface area contributed by atoms with Gasteiger partial charge in [-0.3, -0.25) is 4.99 Å². The third kappa shape index (κ3) is 2.86. The number of aliphatic imine (C=N–C) groups is 1. The normalized spacial score (nSPS) is 16.7. The lowest BCUT2D eigenvalue weighted by Crippen LogP contribution is -2.03. The summed E-state index contributed by atoms with van der Waals surface area (Å²) in [5.74, 6) is 0. The minimum atomic E-state index is 0.993. The van der Waals surface area contributed by atoms with Crippen LogP contribution in [0.25, 0.3) is 0 Å². The predicted octanol–water partition coefficient (Wildman–Crippen LogP) is 3.42. The fraction of sp³-hybridized carbons (Fsp3) is 0.250. The molecule has 0 atom stereocenters. The van der Waals surface area contributed by atoms with Crippen molar-refractivity contribution in [3.05, 3.63) is 48.7 Å². The van der Waals surface area contributed by atoms with E-state index in [2.05, 4.69) is 24.2 Å². The van der Waals surface area contributed by atoms with Crippen LogP contribution < -0.4 is 0 Å². The molecular weight excluding hydrogens is 158 g/mol. The summed E-state index contributed by atoms with van der Waals surface area (Å²) in [6, 6.07) is 0. The highest BCUT2D eigenvalue weighted by atomic mass is 14.8. The van der Waals surface area contributed by atoms with Crippen LogP contribution in [0.2, 0.25) is 0 Å². The van der Waals surface area contributed by atoms with E-state index in [0.717, 1.165) is 29.8 Å². The predicted molar refractivity (Wildman–Crippen MR) is 58.9 cm³/mol. The van der Waals surface area contributed by atoms with Gasteiger partial charge in [-0.05, 0) is 25.3 Å². The Morgan fingerprint density at radius 2 is 2.38 bits per heavy atom. The molecule has 0 fully saturated rings. The smallest absolute Gasteiger partial charge is 0.0476 e. The largest absolute Gasteiger partial charge is 0.258 e. The molecular formula is C12H15N. The van der Waals surface area contributed by atoms with Crippen molar-refractivity contribution in [1.29, 1.82) is 0 Å². The number of allylic oxidation sites excluding steroid dienone is 6. The quantitative estimate of drug-likeness (QED) is 0.580. The molecule has 0 radical (unpaired) electrons. The van der Waals surface area contributed by atoms with Gasteiger partial charge in [0.05, 0.1) is 0 Å². The van der Waals surface area contributed by atoms with Gasteiger partial charge in [0, 0.05) is 11.4 Å². The lowest BCUT2D eigenvalue weighted by Gasteiger charge is -2.10. The molecule has 0 aliphatic carbocycles. The first-order valence-corrected chi connectivity index (χ1v) is 4.46. The number of nitrogens with zero attached hydrogens (tertiary/aromatic N) is 1. The number of hydrogen-bond acceptors (Lipinski definition) is 1. The van der Waals surface area contributed by atoms with E-state index in [1.807, 2.05) is 19.1 Å². The summed E-state index contributed by atoms with van der Waals surface area (Å²) in [7, 11) is 0. The second-order valence-corrected chi connectivity index (χ2v) is 3.06. The van der Waals surface area contributed by atoms with Crippen LogP contribution in [0.3, 0.4) is 0 Å². The van der Waals surface area contributed by atoms with Crippen LogP contribution >= 0.6 is 0 Å². The summed E-state index contributed by atoms with van der Waals surface area (Å²) in [6.45, 7) is 9.59. The Balaban J connectivity index is 2.72. The van der Waals surface area contributed by atoms with Crippen molar-refractivity contribution in [1.82, 2.24) is 0 Å². The van der Waals surface area contributed by atoms with Gasteiger partial charge in [0.15, 0.2) is 0 Å². The van der Waals surface area contributed by atoms with Crippen LogP contribution in [0.15, 0.2) is 53.7 Å². The van der Waals surface area contributed by atoms with Crippen LogP contribution in [-0.2, 0) is 0 Å². The molecule has 0 aromatic rings. The van der Waals surface area contributed by atoms with Crippen molar-refractivity contribution in [2.45, 2.75) is 19.8 Å². The van der Waals surface area contributed by atoms with Crippen LogP contribution in [0, 0.1) is 0 Å². The zero-order chi connectivity index (χ0) is 9.68. The number of hydrogen-bond donors (Lipinski definition) is 0. The lowest BCUT2D eigenvalue weighted by molar-refractivity contribution is 1.02. The van der Waals surface area contributed by atoms with Gasteiger partial charge in [-0.15, -0.1) is 0 Å². The van der Waals surface area contributed by atoms with Gasteiger partial charge in [0.1, 0.15) is 0 Å². The molecule has 0 aromatic heterocycles. The van der Waals surface area contributed by atoms with Gasteiger partial charge >= 0.3 is 0 Å². The molecule has 13 heavy (non-hydrogen) atoms. The van der Waals surface area contributed by atoms with Crippen molar-refractivity contribution >= 4 is 5.71 Å². The Bertz CT molecular complexity index is 303. The van der Waals surface area contributed by atoms with E-state index in [0.29, 0.717) is 0 Å². The molecule has 1 aliphatic rings. The molecule has 1 nitrogen and oxygen atoms in total. The highest BCUT2D eigenvalue weighted by Gasteiger charge is 2.05. The zero-order valence-electron chi connectivity index (χ0n) is 8.09. The highest BCUT2D eigenvalue weighted by molar-refractivity contribution is 6.03. The summed E-state index contributed by atoms with van der Waals surface area (Å²) < 4.78 is 0. The molecule has 0 saturated carbocycles. The molecule has 0 N–H and O–H groups in total. The fourth-order valence-electron chi connectivity index (χ4n) is 1.24. The Morgan fingerprint density at radius 3 is 3.00 bits per heavy atom. The summed E-state index contributed by atoms with van der Waals surface area (Å²) in [5.41, 5.74) is 3.18. The van der Waals surface area contributed by atoms with Crippen molar-refractivity contribution in [3.8, 4) is 0 Å². The Kier molecular flexibility index (Phi) is 3.44. The first kappa shape index (κ1) is 9.72. The van der Waals surface area contributed by atoms with Gasteiger partial charge in [-0.1, -0.05) is 37.5 Å². The average Bonchev–Trinajstić information content (AvgIpc) is 2.14. The monoisotopic (exact) mass is 173 g/mol. The maximum Gasteiger partial charge on any atom is 0.0476 e. The van der Waals surface area contributed by atoms with Gasteiger partial charge < -0.3 is 0 Å². The van der Waals surface area contributed by atoms with E-state index < -0.39 is 0 Å². The van der Waals surface area contributed by atoms with Crippen LogP contribution in [0.1, 0.15) is 19.8 Å². The molecule has 1 aliphatic heterocycles. The number of rotatable bonds is 3. The average molecular weight is 173 g/mol. The SMILES string of the molecule is C=C/C=C\C(=C)C1=NC(C)=CCC1. The molecule has 1 rings (SSSR count). The maximum absolute atomic E-state index is 4.43. The molecule has 68 valence electrons. The highest BCUT2D eigenvalue weighted by Crippen LogP contribution is 2.14. The van der Waals surface area contributed by atoms with Gasteiger partial charge in [-0.25, -0.2) is 0 Å². The zero-order valence-corrected chi connectivity index (χ0v) is 8.09. The first-order valence-electron chi connectivity index (χ1n) is 4.46. The van der Waals surface area contributed by atoms with Crippen molar-refractivity contribution in [2.24, 2.45) is 4.99 Å². The van der Waals surface area contributed by atoms with E-state index in [9.17, 15) is 0 Å². The Labute approximate surface area is 79.9 Å². The summed E-state index contributed by atoms with van der Waals surface area (Å²) in [5, 5.41) is 0. The molecule has 1 heteroatoms. The molecule has 1 heterocycles. The molecule has 0 saturated heterocycles. The Morgan fingerprint density at radius 1 is 1.62 bits per heavy atom. The van der Waals surface area contributed by atoms with Crippen molar-refractivity contribution in [2.75, 3.05) is 0 Å². The maximum atomic E-state index is 4.43. The lowest BCUT2D eigenvalue weighted by atomic mass is 10.0. The van der Waals surface area contributed by atoms with E-state index in [1.54, 1.807) is 6.08 Å². The fourth-order valence-corrected chi connectivity index (χ4v) is 1.24. The van der Waals surface area contributed by atoms with Gasteiger partial charge in [0.2, 0.25) is 0 Å². The van der Waals surface area contributed by atoms with E-state index in [1.165, 1.54) is 0 Å². The first-order chi connectivity index (χ1) is 6.24.